The van der Waals surface area contributed by atoms with E-state index in [-0.39, 0.29) is 11.9 Å². The average Bonchev–Trinajstić information content (AvgIpc) is 3.01. The summed E-state index contributed by atoms with van der Waals surface area (Å²) in [7, 11) is 0. The number of thioether (sulfide) groups is 1. The SMILES string of the molecule is O=C1/C(=C/C2CCCN2)SC(=S)N1c1ccccc1Cl. The van der Waals surface area contributed by atoms with Gasteiger partial charge in [0, 0.05) is 6.04 Å². The fourth-order valence-corrected chi connectivity index (χ4v) is 3.90. The van der Waals surface area contributed by atoms with E-state index in [1.54, 1.807) is 6.07 Å². The zero-order valence-corrected chi connectivity index (χ0v) is 13.0. The van der Waals surface area contributed by atoms with Crippen molar-refractivity contribution in [1.29, 1.82) is 0 Å². The first kappa shape index (κ1) is 14.1. The van der Waals surface area contributed by atoms with Crippen LogP contribution in [0.3, 0.4) is 0 Å². The first-order chi connectivity index (χ1) is 9.66. The zero-order chi connectivity index (χ0) is 14.1. The van der Waals surface area contributed by atoms with Crippen molar-refractivity contribution in [2.24, 2.45) is 0 Å². The van der Waals surface area contributed by atoms with Crippen molar-refractivity contribution in [3.05, 3.63) is 40.3 Å². The molecule has 0 bridgehead atoms. The van der Waals surface area contributed by atoms with Crippen molar-refractivity contribution >= 4 is 51.5 Å². The Morgan fingerprint density at radius 1 is 1.45 bits per heavy atom. The van der Waals surface area contributed by atoms with E-state index in [0.717, 1.165) is 19.4 Å². The maximum Gasteiger partial charge on any atom is 0.270 e. The van der Waals surface area contributed by atoms with Crippen LogP contribution in [0.2, 0.25) is 5.02 Å². The number of para-hydroxylation sites is 1. The lowest BCUT2D eigenvalue weighted by molar-refractivity contribution is -0.113. The number of nitrogens with zero attached hydrogens (tertiary/aromatic N) is 1. The molecule has 2 heterocycles. The summed E-state index contributed by atoms with van der Waals surface area (Å²) in [5.74, 6) is -0.0817. The molecule has 1 aromatic rings. The van der Waals surface area contributed by atoms with E-state index in [1.807, 2.05) is 24.3 Å². The predicted molar refractivity (Wildman–Crippen MR) is 88.2 cm³/mol. The number of amides is 1. The van der Waals surface area contributed by atoms with Gasteiger partial charge in [-0.2, -0.15) is 0 Å². The molecule has 0 radical (unpaired) electrons. The molecule has 0 aliphatic carbocycles. The molecular weight excluding hydrogens is 312 g/mol. The fraction of sp³-hybridized carbons (Fsp3) is 0.286. The molecule has 20 heavy (non-hydrogen) atoms. The first-order valence-electron chi connectivity index (χ1n) is 6.43. The second-order valence-electron chi connectivity index (χ2n) is 4.69. The summed E-state index contributed by atoms with van der Waals surface area (Å²) < 4.78 is 0.535. The smallest absolute Gasteiger partial charge is 0.270 e. The van der Waals surface area contributed by atoms with E-state index >= 15 is 0 Å². The van der Waals surface area contributed by atoms with Gasteiger partial charge in [-0.15, -0.1) is 0 Å². The minimum absolute atomic E-state index is 0.0817. The van der Waals surface area contributed by atoms with Crippen LogP contribution in [0.15, 0.2) is 35.2 Å². The minimum atomic E-state index is -0.0817. The summed E-state index contributed by atoms with van der Waals surface area (Å²) >= 11 is 12.8. The molecule has 1 aromatic carbocycles. The minimum Gasteiger partial charge on any atom is -0.310 e. The van der Waals surface area contributed by atoms with E-state index in [1.165, 1.54) is 16.7 Å². The molecule has 2 fully saturated rings. The monoisotopic (exact) mass is 324 g/mol. The molecule has 1 N–H and O–H groups in total. The molecule has 2 aliphatic rings. The van der Waals surface area contributed by atoms with Gasteiger partial charge in [-0.1, -0.05) is 47.7 Å². The second-order valence-corrected chi connectivity index (χ2v) is 6.78. The Bertz CT molecular complexity index is 597. The summed E-state index contributed by atoms with van der Waals surface area (Å²) in [6, 6.07) is 7.53. The van der Waals surface area contributed by atoms with E-state index in [9.17, 15) is 4.79 Å². The van der Waals surface area contributed by atoms with Crippen molar-refractivity contribution in [1.82, 2.24) is 5.32 Å². The normalized spacial score (nSPS) is 24.9. The summed E-state index contributed by atoms with van der Waals surface area (Å²) in [6.07, 6.45) is 4.20. The molecule has 3 rings (SSSR count). The number of anilines is 1. The lowest BCUT2D eigenvalue weighted by atomic mass is 10.2. The Morgan fingerprint density at radius 2 is 2.25 bits per heavy atom. The van der Waals surface area contributed by atoms with E-state index in [0.29, 0.717) is 19.9 Å². The maximum atomic E-state index is 12.5. The highest BCUT2D eigenvalue weighted by Crippen LogP contribution is 2.38. The van der Waals surface area contributed by atoms with Gasteiger partial charge in [0.1, 0.15) is 0 Å². The van der Waals surface area contributed by atoms with Crippen LogP contribution in [-0.2, 0) is 4.79 Å². The van der Waals surface area contributed by atoms with Gasteiger partial charge in [-0.05, 0) is 37.6 Å². The lowest BCUT2D eigenvalue weighted by Gasteiger charge is -2.15. The number of benzene rings is 1. The van der Waals surface area contributed by atoms with Crippen molar-refractivity contribution in [2.75, 3.05) is 11.4 Å². The number of rotatable bonds is 2. The summed E-state index contributed by atoms with van der Waals surface area (Å²) in [5.41, 5.74) is 0.652. The van der Waals surface area contributed by atoms with Gasteiger partial charge in [-0.25, -0.2) is 0 Å². The number of carbonyl (C=O) groups excluding carboxylic acids is 1. The summed E-state index contributed by atoms with van der Waals surface area (Å²) in [4.78, 5) is 14.7. The molecule has 1 atom stereocenters. The topological polar surface area (TPSA) is 32.3 Å². The maximum absolute atomic E-state index is 12.5. The van der Waals surface area contributed by atoms with Crippen LogP contribution in [-0.4, -0.2) is 22.8 Å². The quantitative estimate of drug-likeness (QED) is 0.668. The van der Waals surface area contributed by atoms with E-state index in [4.69, 9.17) is 23.8 Å². The molecule has 1 unspecified atom stereocenters. The van der Waals surface area contributed by atoms with Gasteiger partial charge in [0.25, 0.3) is 5.91 Å². The molecule has 0 spiro atoms. The Labute approximate surface area is 132 Å². The van der Waals surface area contributed by atoms with Crippen LogP contribution in [0.1, 0.15) is 12.8 Å². The van der Waals surface area contributed by atoms with Gasteiger partial charge in [0.2, 0.25) is 0 Å². The molecule has 2 saturated heterocycles. The van der Waals surface area contributed by atoms with Crippen LogP contribution in [0, 0.1) is 0 Å². The van der Waals surface area contributed by atoms with Crippen LogP contribution in [0.5, 0.6) is 0 Å². The van der Waals surface area contributed by atoms with Crippen LogP contribution in [0.4, 0.5) is 5.69 Å². The third-order valence-corrected chi connectivity index (χ3v) is 4.98. The van der Waals surface area contributed by atoms with Gasteiger partial charge < -0.3 is 5.32 Å². The third kappa shape index (κ3) is 2.63. The number of nitrogens with one attached hydrogen (secondary N) is 1. The molecule has 0 aromatic heterocycles. The predicted octanol–water partition coefficient (Wildman–Crippen LogP) is 3.34. The number of carbonyl (C=O) groups is 1. The highest BCUT2D eigenvalue weighted by Gasteiger charge is 2.34. The van der Waals surface area contributed by atoms with E-state index < -0.39 is 0 Å². The summed E-state index contributed by atoms with van der Waals surface area (Å²) in [5, 5.41) is 3.89. The van der Waals surface area contributed by atoms with Crippen molar-refractivity contribution in [3.8, 4) is 0 Å². The van der Waals surface area contributed by atoms with Crippen LogP contribution in [0.25, 0.3) is 0 Å². The Kier molecular flexibility index (Phi) is 4.12. The molecular formula is C14H13ClN2OS2. The molecule has 6 heteroatoms. The lowest BCUT2D eigenvalue weighted by Crippen LogP contribution is -2.28. The van der Waals surface area contributed by atoms with Crippen LogP contribution < -0.4 is 10.2 Å². The summed E-state index contributed by atoms with van der Waals surface area (Å²) in [6.45, 7) is 1.01. The number of hydrogen-bond acceptors (Lipinski definition) is 4. The van der Waals surface area contributed by atoms with Crippen molar-refractivity contribution in [2.45, 2.75) is 18.9 Å². The number of halogens is 1. The highest BCUT2D eigenvalue weighted by molar-refractivity contribution is 8.27. The van der Waals surface area contributed by atoms with Gasteiger partial charge in [0.15, 0.2) is 4.32 Å². The number of hydrogen-bond donors (Lipinski definition) is 1. The molecule has 2 aliphatic heterocycles. The Balaban J connectivity index is 1.89. The van der Waals surface area contributed by atoms with E-state index in [2.05, 4.69) is 5.32 Å². The number of thiocarbonyl (C=S) groups is 1. The van der Waals surface area contributed by atoms with Gasteiger partial charge in [-0.3, -0.25) is 9.69 Å². The van der Waals surface area contributed by atoms with Crippen molar-refractivity contribution in [3.63, 3.8) is 0 Å². The van der Waals surface area contributed by atoms with Gasteiger partial charge >= 0.3 is 0 Å². The Morgan fingerprint density at radius 3 is 2.95 bits per heavy atom. The third-order valence-electron chi connectivity index (χ3n) is 3.34. The molecule has 1 amide bonds. The zero-order valence-electron chi connectivity index (χ0n) is 10.6. The van der Waals surface area contributed by atoms with Crippen LogP contribution >= 0.6 is 35.6 Å². The van der Waals surface area contributed by atoms with Gasteiger partial charge in [0.05, 0.1) is 15.6 Å². The highest BCUT2D eigenvalue weighted by atomic mass is 35.5. The largest absolute Gasteiger partial charge is 0.310 e. The molecule has 0 saturated carbocycles. The average molecular weight is 325 g/mol. The standard InChI is InChI=1S/C14H13ClN2OS2/c15-10-5-1-2-6-11(10)17-13(18)12(20-14(17)19)8-9-4-3-7-16-9/h1-2,5-6,8-9,16H,3-4,7H2/b12-8-. The second kappa shape index (κ2) is 5.85. The molecule has 104 valence electrons. The van der Waals surface area contributed by atoms with Crippen molar-refractivity contribution < 1.29 is 4.79 Å². The fourth-order valence-electron chi connectivity index (χ4n) is 2.36. The molecule has 3 nitrogen and oxygen atoms in total. The first-order valence-corrected chi connectivity index (χ1v) is 8.03. The Hall–Kier alpha value is -0.880.